The van der Waals surface area contributed by atoms with Crippen LogP contribution in [0.5, 0.6) is 5.75 Å². The van der Waals surface area contributed by atoms with E-state index < -0.39 is 28.1 Å². The molecule has 0 saturated carbocycles. The molecule has 4 aromatic rings. The number of hydrogen-bond acceptors (Lipinski definition) is 7. The van der Waals surface area contributed by atoms with Crippen molar-refractivity contribution in [3.05, 3.63) is 116 Å². The number of nitrogens with one attached hydrogen (secondary N) is 2. The first-order valence-corrected chi connectivity index (χ1v) is 10.5. The van der Waals surface area contributed by atoms with Gasteiger partial charge in [0.2, 0.25) is 11.6 Å². The number of benzene rings is 3. The van der Waals surface area contributed by atoms with Crippen molar-refractivity contribution >= 4 is 17.3 Å². The van der Waals surface area contributed by atoms with Crippen molar-refractivity contribution in [2.45, 2.75) is 13.1 Å². The van der Waals surface area contributed by atoms with Crippen LogP contribution in [0.3, 0.4) is 0 Å². The first kappa shape index (κ1) is 23.8. The molecule has 1 aromatic heterocycles. The number of ether oxygens (including phenoxy) is 1. The average Bonchev–Trinajstić information content (AvgIpc) is 2.86. The number of halogens is 1. The Morgan fingerprint density at radius 1 is 1.00 bits per heavy atom. The van der Waals surface area contributed by atoms with Crippen LogP contribution in [-0.4, -0.2) is 26.4 Å². The summed E-state index contributed by atoms with van der Waals surface area (Å²) in [4.78, 5) is 30.3. The molecule has 10 nitrogen and oxygen atoms in total. The van der Waals surface area contributed by atoms with Crippen molar-refractivity contribution in [1.82, 2.24) is 14.1 Å². The lowest BCUT2D eigenvalue weighted by Crippen LogP contribution is -2.99. The molecule has 4 rings (SSSR count). The molecule has 0 radical (unpaired) electrons. The van der Waals surface area contributed by atoms with Crippen LogP contribution in [0, 0.1) is 11.0 Å². The Labute approximate surface area is 198 Å². The number of nitrogens with zero attached hydrogens (tertiary/aromatic N) is 3. The maximum absolute atomic E-state index is 13.8. The van der Waals surface area contributed by atoms with Gasteiger partial charge in [-0.3, -0.25) is 4.57 Å². The van der Waals surface area contributed by atoms with Crippen molar-refractivity contribution in [2.75, 3.05) is 12.4 Å². The van der Waals surface area contributed by atoms with Crippen LogP contribution in [0.4, 0.5) is 21.7 Å². The number of rotatable bonds is 8. The molecule has 0 spiro atoms. The van der Waals surface area contributed by atoms with Crippen molar-refractivity contribution in [2.24, 2.45) is 0 Å². The molecule has 1 heterocycles. The largest absolute Gasteiger partial charge is 0.595 e. The summed E-state index contributed by atoms with van der Waals surface area (Å²) in [6, 6.07) is 19.3. The van der Waals surface area contributed by atoms with Gasteiger partial charge in [-0.05, 0) is 35.4 Å². The SMILES string of the molecule is COc1ccc(Cn2c(Nc3ccc(F)c([NH+]([O-])O)c3)nc(=O)n(Cc3ccccc3)c2=O)cc1. The van der Waals surface area contributed by atoms with E-state index >= 15 is 0 Å². The summed E-state index contributed by atoms with van der Waals surface area (Å²) >= 11 is 0. The molecule has 0 aliphatic rings. The number of quaternary nitrogens is 1. The lowest BCUT2D eigenvalue weighted by atomic mass is 10.2. The van der Waals surface area contributed by atoms with Gasteiger partial charge in [-0.1, -0.05) is 42.5 Å². The van der Waals surface area contributed by atoms with Gasteiger partial charge in [-0.15, -0.1) is 0 Å². The van der Waals surface area contributed by atoms with E-state index in [9.17, 15) is 24.4 Å². The summed E-state index contributed by atoms with van der Waals surface area (Å²) in [6.07, 6.45) is 0. The Hall–Kier alpha value is -4.32. The second kappa shape index (κ2) is 10.3. The van der Waals surface area contributed by atoms with Gasteiger partial charge in [0.05, 0.1) is 20.2 Å². The zero-order valence-corrected chi connectivity index (χ0v) is 18.6. The monoisotopic (exact) mass is 479 g/mol. The summed E-state index contributed by atoms with van der Waals surface area (Å²) < 4.78 is 21.3. The fraction of sp³-hybridized carbons (Fsp3) is 0.125. The molecule has 0 saturated heterocycles. The first-order valence-electron chi connectivity index (χ1n) is 10.5. The molecule has 3 N–H and O–H groups in total. The minimum atomic E-state index is -1.45. The van der Waals surface area contributed by atoms with Gasteiger partial charge >= 0.3 is 11.4 Å². The Morgan fingerprint density at radius 2 is 1.66 bits per heavy atom. The van der Waals surface area contributed by atoms with E-state index in [2.05, 4.69) is 10.3 Å². The molecular formula is C24H22FN5O5. The van der Waals surface area contributed by atoms with E-state index in [0.29, 0.717) is 5.75 Å². The summed E-state index contributed by atoms with van der Waals surface area (Å²) in [5.74, 6) is -0.382. The van der Waals surface area contributed by atoms with Gasteiger partial charge < -0.3 is 15.3 Å². The van der Waals surface area contributed by atoms with Crippen molar-refractivity contribution < 1.29 is 19.6 Å². The third-order valence-corrected chi connectivity index (χ3v) is 5.29. The van der Waals surface area contributed by atoms with Gasteiger partial charge in [0.1, 0.15) is 5.75 Å². The van der Waals surface area contributed by atoms with Crippen molar-refractivity contribution in [3.8, 4) is 5.75 Å². The predicted molar refractivity (Wildman–Crippen MR) is 126 cm³/mol. The third kappa shape index (κ3) is 5.44. The molecule has 0 aliphatic heterocycles. The summed E-state index contributed by atoms with van der Waals surface area (Å²) in [5, 5.41) is 21.9. The third-order valence-electron chi connectivity index (χ3n) is 5.29. The van der Waals surface area contributed by atoms with Crippen LogP contribution in [0.2, 0.25) is 0 Å². The summed E-state index contributed by atoms with van der Waals surface area (Å²) in [6.45, 7) is 0.0777. The standard InChI is InChI=1S/C24H22FN5O5/c1-35-19-10-7-17(8-11-19)14-28-22(26-18-9-12-20(25)21(13-18)30(33)34)27-23(31)29(24(28)32)15-16-5-3-2-4-6-16/h2-13,30,33H,14-15H2,1H3,(H,26,27,31). The molecule has 0 amide bonds. The maximum Gasteiger partial charge on any atom is 0.355 e. The number of aromatic nitrogens is 3. The second-order valence-electron chi connectivity index (χ2n) is 7.63. The molecule has 1 unspecified atom stereocenters. The van der Waals surface area contributed by atoms with Gasteiger partial charge in [0, 0.05) is 11.8 Å². The highest BCUT2D eigenvalue weighted by molar-refractivity contribution is 5.58. The zero-order valence-electron chi connectivity index (χ0n) is 18.6. The van der Waals surface area contributed by atoms with Gasteiger partial charge in [-0.2, -0.15) is 10.2 Å². The topological polar surface area (TPSA) is 126 Å². The van der Waals surface area contributed by atoms with Crippen LogP contribution >= 0.6 is 0 Å². The molecule has 0 bridgehead atoms. The van der Waals surface area contributed by atoms with Crippen LogP contribution in [0.15, 0.2) is 82.4 Å². The summed E-state index contributed by atoms with van der Waals surface area (Å²) in [5.41, 5.74) is -0.334. The van der Waals surface area contributed by atoms with Crippen molar-refractivity contribution in [3.63, 3.8) is 0 Å². The van der Waals surface area contributed by atoms with Crippen LogP contribution in [-0.2, 0) is 13.1 Å². The van der Waals surface area contributed by atoms with E-state index in [1.54, 1.807) is 55.6 Å². The molecule has 0 aliphatic carbocycles. The van der Waals surface area contributed by atoms with E-state index in [4.69, 9.17) is 4.74 Å². The second-order valence-corrected chi connectivity index (χ2v) is 7.63. The zero-order chi connectivity index (χ0) is 24.9. The lowest BCUT2D eigenvalue weighted by molar-refractivity contribution is -0.992. The van der Waals surface area contributed by atoms with E-state index in [1.807, 2.05) is 6.07 Å². The van der Waals surface area contributed by atoms with Crippen LogP contribution in [0.1, 0.15) is 11.1 Å². The Morgan fingerprint density at radius 3 is 2.31 bits per heavy atom. The van der Waals surface area contributed by atoms with E-state index in [-0.39, 0.29) is 24.7 Å². The molecule has 35 heavy (non-hydrogen) atoms. The number of methoxy groups -OCH3 is 1. The van der Waals surface area contributed by atoms with Crippen molar-refractivity contribution in [1.29, 1.82) is 0 Å². The maximum atomic E-state index is 13.8. The van der Waals surface area contributed by atoms with Crippen LogP contribution in [0.25, 0.3) is 0 Å². The Balaban J connectivity index is 1.79. The normalized spacial score (nSPS) is 11.8. The molecule has 180 valence electrons. The Kier molecular flexibility index (Phi) is 7.01. The Bertz CT molecular complexity index is 1440. The lowest BCUT2D eigenvalue weighted by Gasteiger charge is -2.17. The predicted octanol–water partition coefficient (Wildman–Crippen LogP) is 1.80. The molecule has 3 aromatic carbocycles. The first-order chi connectivity index (χ1) is 16.9. The van der Waals surface area contributed by atoms with Gasteiger partial charge in [-0.25, -0.2) is 23.8 Å². The highest BCUT2D eigenvalue weighted by Crippen LogP contribution is 2.20. The highest BCUT2D eigenvalue weighted by atomic mass is 19.1. The van der Waals surface area contributed by atoms with Gasteiger partial charge in [0.15, 0.2) is 5.82 Å². The highest BCUT2D eigenvalue weighted by Gasteiger charge is 2.16. The number of hydrogen-bond donors (Lipinski definition) is 3. The molecule has 11 heteroatoms. The molecule has 1 atom stereocenters. The van der Waals surface area contributed by atoms with E-state index in [1.165, 1.54) is 10.6 Å². The number of anilines is 2. The minimum absolute atomic E-state index is 0.0219. The van der Waals surface area contributed by atoms with Crippen LogP contribution < -0.4 is 26.7 Å². The quantitative estimate of drug-likeness (QED) is 0.329. The van der Waals surface area contributed by atoms with Gasteiger partial charge in [0.25, 0.3) is 0 Å². The molecular weight excluding hydrogens is 457 g/mol. The minimum Gasteiger partial charge on any atom is -0.595 e. The van der Waals surface area contributed by atoms with E-state index in [0.717, 1.165) is 27.8 Å². The smallest absolute Gasteiger partial charge is 0.355 e. The molecule has 0 fully saturated rings. The average molecular weight is 479 g/mol. The summed E-state index contributed by atoms with van der Waals surface area (Å²) in [7, 11) is 1.54. The fourth-order valence-electron chi connectivity index (χ4n) is 3.48. The fourth-order valence-corrected chi connectivity index (χ4v) is 3.48.